The molecule has 1 unspecified atom stereocenters. The number of hydrogen-bond donors (Lipinski definition) is 6. The van der Waals surface area contributed by atoms with Crippen LogP contribution < -0.4 is 5.73 Å². The number of aliphatic hydroxyl groups is 4. The van der Waals surface area contributed by atoms with Gasteiger partial charge in [0.1, 0.15) is 29.6 Å². The Bertz CT molecular complexity index is 1290. The van der Waals surface area contributed by atoms with E-state index in [2.05, 4.69) is 0 Å². The number of likely N-dealkylation sites (N-methyl/N-ethyl adjacent to an activating group) is 1. The van der Waals surface area contributed by atoms with Gasteiger partial charge in [-0.05, 0) is 37.9 Å². The first-order valence-corrected chi connectivity index (χ1v) is 14.4. The van der Waals surface area contributed by atoms with Crippen molar-refractivity contribution in [3.63, 3.8) is 0 Å². The summed E-state index contributed by atoms with van der Waals surface area (Å²) >= 11 is 1.57. The maximum atomic E-state index is 14.0. The molecule has 0 spiro atoms. The largest absolute Gasteiger partial charge is 0.510 e. The van der Waals surface area contributed by atoms with Gasteiger partial charge in [-0.15, -0.1) is 0 Å². The van der Waals surface area contributed by atoms with Crippen LogP contribution in [-0.2, 0) is 14.3 Å². The van der Waals surface area contributed by atoms with Gasteiger partial charge >= 0.3 is 5.97 Å². The maximum absolute atomic E-state index is 14.0. The van der Waals surface area contributed by atoms with Crippen LogP contribution in [0.15, 0.2) is 40.9 Å². The number of benzene rings is 1. The molecule has 0 radical (unpaired) electrons. The third-order valence-corrected chi connectivity index (χ3v) is 9.35. The van der Waals surface area contributed by atoms with Gasteiger partial charge in [-0.1, -0.05) is 26.0 Å². The van der Waals surface area contributed by atoms with Crippen molar-refractivity contribution >= 4 is 29.3 Å². The summed E-state index contributed by atoms with van der Waals surface area (Å²) in [4.78, 5) is 42.0. The lowest BCUT2D eigenvalue weighted by Gasteiger charge is -2.55. The van der Waals surface area contributed by atoms with Crippen LogP contribution in [-0.4, -0.2) is 97.5 Å². The number of ether oxygens (including phenoxy) is 1. The second-order valence-corrected chi connectivity index (χ2v) is 11.8. The normalized spacial score (nSPS) is 30.6. The molecule has 7 N–H and O–H groups in total. The molecule has 11 nitrogen and oxygen atoms in total. The number of carbonyl (C=O) groups is 3. The predicted molar refractivity (Wildman–Crippen MR) is 147 cm³/mol. The Hall–Kier alpha value is -2.90. The lowest BCUT2D eigenvalue weighted by molar-refractivity contribution is -0.181. The second-order valence-electron chi connectivity index (χ2n) is 10.6. The van der Waals surface area contributed by atoms with E-state index in [0.717, 1.165) is 12.2 Å². The zero-order chi connectivity index (χ0) is 29.7. The lowest BCUT2D eigenvalue weighted by atomic mass is 9.55. The number of rotatable bonds is 8. The van der Waals surface area contributed by atoms with Crippen LogP contribution in [0.5, 0.6) is 5.75 Å². The zero-order valence-corrected chi connectivity index (χ0v) is 23.6. The van der Waals surface area contributed by atoms with Gasteiger partial charge in [-0.25, -0.2) is 0 Å². The molecule has 3 aliphatic carbocycles. The lowest BCUT2D eigenvalue weighted by Crippen LogP contribution is -2.69. The fourth-order valence-corrected chi connectivity index (χ4v) is 7.47. The molecule has 0 saturated heterocycles. The number of nitrogens with zero attached hydrogens (tertiary/aromatic N) is 1. The van der Waals surface area contributed by atoms with Gasteiger partial charge in [0.25, 0.3) is 0 Å². The molecule has 12 heteroatoms. The molecule has 1 aromatic carbocycles. The van der Waals surface area contributed by atoms with Crippen LogP contribution in [0.2, 0.25) is 0 Å². The third-order valence-electron chi connectivity index (χ3n) is 8.06. The van der Waals surface area contributed by atoms with E-state index in [-0.39, 0.29) is 23.3 Å². The number of ketones is 2. The molecule has 0 amide bonds. The highest BCUT2D eigenvalue weighted by molar-refractivity contribution is 7.99. The van der Waals surface area contributed by atoms with Crippen LogP contribution >= 0.6 is 11.8 Å². The number of aromatic hydroxyl groups is 1. The minimum Gasteiger partial charge on any atom is -0.510 e. The van der Waals surface area contributed by atoms with Crippen molar-refractivity contribution in [3.8, 4) is 5.75 Å². The molecule has 3 aliphatic rings. The molecule has 1 aromatic rings. The number of carbonyl (C=O) groups excluding carboxylic acids is 3. The minimum atomic E-state index is -2.89. The molecule has 0 aliphatic heterocycles. The molecule has 40 heavy (non-hydrogen) atoms. The topological polar surface area (TPSA) is 191 Å². The van der Waals surface area contributed by atoms with Gasteiger partial charge in [-0.2, -0.15) is 11.8 Å². The van der Waals surface area contributed by atoms with Crippen molar-refractivity contribution in [2.45, 2.75) is 56.6 Å². The first kappa shape index (κ1) is 30.1. The first-order valence-electron chi connectivity index (χ1n) is 13.2. The van der Waals surface area contributed by atoms with E-state index in [1.807, 2.05) is 6.92 Å². The van der Waals surface area contributed by atoms with Crippen LogP contribution in [0.3, 0.4) is 0 Å². The summed E-state index contributed by atoms with van der Waals surface area (Å²) in [5, 5.41) is 55.9. The van der Waals surface area contributed by atoms with E-state index >= 15 is 0 Å². The average molecular weight is 577 g/mol. The van der Waals surface area contributed by atoms with Gasteiger partial charge in [0.05, 0.1) is 23.1 Å². The van der Waals surface area contributed by atoms with Gasteiger partial charge in [-0.3, -0.25) is 19.3 Å². The summed E-state index contributed by atoms with van der Waals surface area (Å²) < 4.78 is 5.92. The van der Waals surface area contributed by atoms with E-state index in [4.69, 9.17) is 10.5 Å². The number of fused-ring (bicyclic) bond motifs is 3. The first-order chi connectivity index (χ1) is 18.8. The van der Waals surface area contributed by atoms with Crippen LogP contribution in [0.4, 0.5) is 0 Å². The summed E-state index contributed by atoms with van der Waals surface area (Å²) in [5.74, 6) is -6.67. The Morgan fingerprint density at radius 3 is 2.45 bits per heavy atom. The van der Waals surface area contributed by atoms with E-state index in [1.165, 1.54) is 11.0 Å². The summed E-state index contributed by atoms with van der Waals surface area (Å²) in [5.41, 5.74) is 2.04. The van der Waals surface area contributed by atoms with Gasteiger partial charge in [0, 0.05) is 29.6 Å². The van der Waals surface area contributed by atoms with Crippen molar-refractivity contribution < 1.29 is 44.7 Å². The van der Waals surface area contributed by atoms with Crippen molar-refractivity contribution in [2.24, 2.45) is 17.6 Å². The fourth-order valence-electron chi connectivity index (χ4n) is 6.38. The molecular weight excluding hydrogens is 540 g/mol. The molecule has 0 bridgehead atoms. The predicted octanol–water partition coefficient (Wildman–Crippen LogP) is 1.53. The van der Waals surface area contributed by atoms with Gasteiger partial charge in [0.15, 0.2) is 11.4 Å². The average Bonchev–Trinajstić information content (AvgIpc) is 2.89. The number of Topliss-reactive ketones (excluding diaryl/α,β-unsaturated/α-hetero) is 2. The number of nitrogens with two attached hydrogens (primary N) is 1. The SMILES string of the molecule is CCCSC[C@H]1c2cccc(O)c2C(=O)C2=C(O)[C@]3(O)C(=O)C(C(N)O)=C(O)[C@@H](N(C)C)[C@@H]3[C@@H](OC(=O)CC)[C@@H]21. The van der Waals surface area contributed by atoms with Crippen LogP contribution in [0.1, 0.15) is 48.5 Å². The molecule has 0 aromatic heterocycles. The molecule has 7 atom stereocenters. The quantitative estimate of drug-likeness (QED) is 0.149. The van der Waals surface area contributed by atoms with E-state index in [0.29, 0.717) is 11.3 Å². The van der Waals surface area contributed by atoms with Gasteiger partial charge < -0.3 is 36.0 Å². The van der Waals surface area contributed by atoms with Crippen molar-refractivity contribution in [1.82, 2.24) is 4.90 Å². The molecular formula is C28H36N2O9S. The molecule has 218 valence electrons. The maximum Gasteiger partial charge on any atom is 0.305 e. The summed E-state index contributed by atoms with van der Waals surface area (Å²) in [7, 11) is 3.08. The van der Waals surface area contributed by atoms with Crippen LogP contribution in [0, 0.1) is 11.8 Å². The Labute approximate surface area is 236 Å². The van der Waals surface area contributed by atoms with Crippen molar-refractivity contribution in [1.29, 1.82) is 0 Å². The fraction of sp³-hybridized carbons (Fsp3) is 0.536. The second kappa shape index (κ2) is 11.2. The highest BCUT2D eigenvalue weighted by atomic mass is 32.2. The van der Waals surface area contributed by atoms with Crippen molar-refractivity contribution in [2.75, 3.05) is 25.6 Å². The highest BCUT2D eigenvalue weighted by Crippen LogP contribution is 2.57. The Morgan fingerprint density at radius 1 is 1.20 bits per heavy atom. The number of phenolic OH excluding ortho intramolecular Hbond substituents is 1. The zero-order valence-electron chi connectivity index (χ0n) is 22.8. The Balaban J connectivity index is 2.09. The number of phenols is 1. The van der Waals surface area contributed by atoms with Gasteiger partial charge in [0.2, 0.25) is 5.78 Å². The number of esters is 1. The monoisotopic (exact) mass is 576 g/mol. The van der Waals surface area contributed by atoms with E-state index in [1.54, 1.807) is 44.9 Å². The number of thioether (sulfide) groups is 1. The Kier molecular flexibility index (Phi) is 8.40. The molecule has 0 fully saturated rings. The minimum absolute atomic E-state index is 0.0604. The number of hydrogen-bond acceptors (Lipinski definition) is 12. The summed E-state index contributed by atoms with van der Waals surface area (Å²) in [6.45, 7) is 3.57. The molecule has 0 saturated carbocycles. The number of aliphatic hydroxyl groups excluding tert-OH is 3. The van der Waals surface area contributed by atoms with E-state index in [9.17, 15) is 39.9 Å². The molecule has 0 heterocycles. The van der Waals surface area contributed by atoms with Crippen LogP contribution in [0.25, 0.3) is 0 Å². The Morgan fingerprint density at radius 2 is 1.88 bits per heavy atom. The summed E-state index contributed by atoms with van der Waals surface area (Å²) in [6, 6.07) is 3.36. The van der Waals surface area contributed by atoms with E-state index < -0.39 is 76.4 Å². The highest BCUT2D eigenvalue weighted by Gasteiger charge is 2.68. The standard InChI is InChI=1S/C28H36N2O9S/c1-5-10-40-11-13-12-8-7-9-14(31)16(12)22(33)18-17(13)24(39-15(32)6-2)20-21(30(3)4)23(34)19(27(29)37)26(36)28(20,38)25(18)35/h7-9,13,17,20-21,24,27,31,34-35,37-38H,5-6,10-11,29H2,1-4H3/t13-,17+,20+,21-,24-,27?,28-/m0/s1. The smallest absolute Gasteiger partial charge is 0.305 e. The summed E-state index contributed by atoms with van der Waals surface area (Å²) in [6.07, 6.45) is -2.59. The van der Waals surface area contributed by atoms with Crippen molar-refractivity contribution in [3.05, 3.63) is 52.0 Å². The molecule has 4 rings (SSSR count). The third kappa shape index (κ3) is 4.42.